The number of ether oxygens (including phenoxy) is 2. The molecule has 4 heteroatoms. The third-order valence-electron chi connectivity index (χ3n) is 3.04. The molecule has 3 nitrogen and oxygen atoms in total. The lowest BCUT2D eigenvalue weighted by Gasteiger charge is -2.08. The maximum atomic E-state index is 13.7. The van der Waals surface area contributed by atoms with Crippen molar-refractivity contribution in [2.75, 3.05) is 13.7 Å². The van der Waals surface area contributed by atoms with E-state index in [-0.39, 0.29) is 11.6 Å². The van der Waals surface area contributed by atoms with Crippen LogP contribution in [0.25, 0.3) is 0 Å². The van der Waals surface area contributed by atoms with Crippen LogP contribution in [-0.2, 0) is 13.0 Å². The van der Waals surface area contributed by atoms with Crippen molar-refractivity contribution >= 4 is 0 Å². The molecule has 0 saturated heterocycles. The summed E-state index contributed by atoms with van der Waals surface area (Å²) in [7, 11) is 1.63. The van der Waals surface area contributed by atoms with Crippen molar-refractivity contribution in [1.29, 1.82) is 0 Å². The van der Waals surface area contributed by atoms with Crippen LogP contribution in [0.3, 0.4) is 0 Å². The molecule has 106 valence electrons. The van der Waals surface area contributed by atoms with Gasteiger partial charge in [0.05, 0.1) is 13.7 Å². The van der Waals surface area contributed by atoms with Crippen LogP contribution in [0.15, 0.2) is 42.5 Å². The summed E-state index contributed by atoms with van der Waals surface area (Å²) in [6.45, 7) is 0.744. The average Bonchev–Trinajstić information content (AvgIpc) is 2.49. The molecule has 0 radical (unpaired) electrons. The minimum Gasteiger partial charge on any atom is -0.497 e. The Morgan fingerprint density at radius 1 is 1.05 bits per heavy atom. The molecule has 2 rings (SSSR count). The molecule has 0 heterocycles. The smallest absolute Gasteiger partial charge is 0.165 e. The summed E-state index contributed by atoms with van der Waals surface area (Å²) >= 11 is 0. The Hall–Kier alpha value is -2.07. The van der Waals surface area contributed by atoms with E-state index in [0.717, 1.165) is 16.9 Å². The summed E-state index contributed by atoms with van der Waals surface area (Å²) in [5.41, 5.74) is 7.32. The van der Waals surface area contributed by atoms with Crippen LogP contribution in [0.5, 0.6) is 11.5 Å². The standard InChI is InChI=1S/C16H18FNO2/c1-19-14-5-2-12(3-6-14)8-9-20-16-7-4-13(11-18)10-15(16)17/h2-7,10H,8-9,11,18H2,1H3. The number of hydrogen-bond donors (Lipinski definition) is 1. The maximum Gasteiger partial charge on any atom is 0.165 e. The third-order valence-corrected chi connectivity index (χ3v) is 3.04. The van der Waals surface area contributed by atoms with Gasteiger partial charge in [-0.05, 0) is 35.4 Å². The quantitative estimate of drug-likeness (QED) is 0.881. The van der Waals surface area contributed by atoms with Crippen LogP contribution in [-0.4, -0.2) is 13.7 Å². The molecule has 0 aliphatic rings. The van der Waals surface area contributed by atoms with Crippen LogP contribution in [0.2, 0.25) is 0 Å². The van der Waals surface area contributed by atoms with Gasteiger partial charge in [0.25, 0.3) is 0 Å². The molecule has 2 N–H and O–H groups in total. The van der Waals surface area contributed by atoms with Crippen molar-refractivity contribution in [3.8, 4) is 11.5 Å². The first-order valence-corrected chi connectivity index (χ1v) is 6.47. The Bertz CT molecular complexity index is 555. The topological polar surface area (TPSA) is 44.5 Å². The lowest BCUT2D eigenvalue weighted by molar-refractivity contribution is 0.305. The lowest BCUT2D eigenvalue weighted by atomic mass is 10.1. The second-order valence-electron chi connectivity index (χ2n) is 4.42. The fraction of sp³-hybridized carbons (Fsp3) is 0.250. The summed E-state index contributed by atoms with van der Waals surface area (Å²) in [6, 6.07) is 12.5. The van der Waals surface area contributed by atoms with Gasteiger partial charge in [-0.1, -0.05) is 18.2 Å². The van der Waals surface area contributed by atoms with Gasteiger partial charge in [-0.25, -0.2) is 4.39 Å². The van der Waals surface area contributed by atoms with E-state index in [9.17, 15) is 4.39 Å². The minimum atomic E-state index is -0.373. The maximum absolute atomic E-state index is 13.7. The van der Waals surface area contributed by atoms with Gasteiger partial charge in [-0.3, -0.25) is 0 Å². The number of methoxy groups -OCH3 is 1. The monoisotopic (exact) mass is 275 g/mol. The lowest BCUT2D eigenvalue weighted by Crippen LogP contribution is -2.04. The average molecular weight is 275 g/mol. The van der Waals surface area contributed by atoms with Gasteiger partial charge in [-0.2, -0.15) is 0 Å². The van der Waals surface area contributed by atoms with Crippen LogP contribution < -0.4 is 15.2 Å². The van der Waals surface area contributed by atoms with Gasteiger partial charge in [0.2, 0.25) is 0 Å². The Kier molecular flexibility index (Phi) is 4.96. The molecule has 0 fully saturated rings. The van der Waals surface area contributed by atoms with E-state index < -0.39 is 0 Å². The van der Waals surface area contributed by atoms with E-state index in [4.69, 9.17) is 15.2 Å². The molecule has 20 heavy (non-hydrogen) atoms. The largest absolute Gasteiger partial charge is 0.497 e. The molecule has 0 amide bonds. The van der Waals surface area contributed by atoms with E-state index in [1.165, 1.54) is 6.07 Å². The van der Waals surface area contributed by atoms with Crippen molar-refractivity contribution in [1.82, 2.24) is 0 Å². The fourth-order valence-electron chi connectivity index (χ4n) is 1.86. The van der Waals surface area contributed by atoms with Crippen LogP contribution in [0, 0.1) is 5.82 Å². The van der Waals surface area contributed by atoms with Gasteiger partial charge >= 0.3 is 0 Å². The zero-order valence-electron chi connectivity index (χ0n) is 11.4. The Balaban J connectivity index is 1.88. The highest BCUT2D eigenvalue weighted by atomic mass is 19.1. The van der Waals surface area contributed by atoms with Gasteiger partial charge in [0.15, 0.2) is 11.6 Å². The van der Waals surface area contributed by atoms with Gasteiger partial charge in [0, 0.05) is 13.0 Å². The van der Waals surface area contributed by atoms with E-state index in [0.29, 0.717) is 19.6 Å². The molecule has 2 aromatic carbocycles. The summed E-state index contributed by atoms with van der Waals surface area (Å²) in [4.78, 5) is 0. The van der Waals surface area contributed by atoms with E-state index in [1.807, 2.05) is 24.3 Å². The summed E-state index contributed by atoms with van der Waals surface area (Å²) in [5.74, 6) is 0.705. The molecule has 0 bridgehead atoms. The molecular weight excluding hydrogens is 257 g/mol. The number of benzene rings is 2. The number of nitrogens with two attached hydrogens (primary N) is 1. The van der Waals surface area contributed by atoms with Gasteiger partial charge in [0.1, 0.15) is 5.75 Å². The molecule has 0 atom stereocenters. The fourth-order valence-corrected chi connectivity index (χ4v) is 1.86. The van der Waals surface area contributed by atoms with Gasteiger partial charge in [-0.15, -0.1) is 0 Å². The number of hydrogen-bond acceptors (Lipinski definition) is 3. The van der Waals surface area contributed by atoms with E-state index >= 15 is 0 Å². The summed E-state index contributed by atoms with van der Waals surface area (Å²) in [6.07, 6.45) is 0.710. The van der Waals surface area contributed by atoms with E-state index in [2.05, 4.69) is 0 Å². The first-order chi connectivity index (χ1) is 9.72. The second-order valence-corrected chi connectivity index (χ2v) is 4.42. The SMILES string of the molecule is COc1ccc(CCOc2ccc(CN)cc2F)cc1. The Morgan fingerprint density at radius 3 is 2.35 bits per heavy atom. The molecule has 0 aliphatic heterocycles. The summed E-state index contributed by atoms with van der Waals surface area (Å²) < 4.78 is 24.2. The van der Waals surface area contributed by atoms with Crippen LogP contribution >= 0.6 is 0 Å². The minimum absolute atomic E-state index is 0.260. The van der Waals surface area contributed by atoms with Crippen LogP contribution in [0.1, 0.15) is 11.1 Å². The summed E-state index contributed by atoms with van der Waals surface area (Å²) in [5, 5.41) is 0. The predicted octanol–water partition coefficient (Wildman–Crippen LogP) is 2.91. The molecule has 0 spiro atoms. The van der Waals surface area contributed by atoms with E-state index in [1.54, 1.807) is 19.2 Å². The predicted molar refractivity (Wildman–Crippen MR) is 76.5 cm³/mol. The third kappa shape index (κ3) is 3.71. The van der Waals surface area contributed by atoms with Crippen molar-refractivity contribution < 1.29 is 13.9 Å². The van der Waals surface area contributed by atoms with Crippen molar-refractivity contribution in [3.63, 3.8) is 0 Å². The van der Waals surface area contributed by atoms with Crippen molar-refractivity contribution in [2.24, 2.45) is 5.73 Å². The highest BCUT2D eigenvalue weighted by Crippen LogP contribution is 2.19. The second kappa shape index (κ2) is 6.91. The van der Waals surface area contributed by atoms with Crippen LogP contribution in [0.4, 0.5) is 4.39 Å². The molecule has 0 saturated carbocycles. The highest BCUT2D eigenvalue weighted by molar-refractivity contribution is 5.30. The number of rotatable bonds is 6. The Labute approximate surface area is 118 Å². The normalized spacial score (nSPS) is 10.3. The van der Waals surface area contributed by atoms with Gasteiger partial charge < -0.3 is 15.2 Å². The number of halogens is 1. The first-order valence-electron chi connectivity index (χ1n) is 6.47. The molecular formula is C16H18FNO2. The van der Waals surface area contributed by atoms with Crippen molar-refractivity contribution in [3.05, 3.63) is 59.4 Å². The first kappa shape index (κ1) is 14.3. The molecule has 2 aromatic rings. The molecule has 0 aromatic heterocycles. The zero-order valence-corrected chi connectivity index (χ0v) is 11.4. The molecule has 0 unspecified atom stereocenters. The Morgan fingerprint density at radius 2 is 1.75 bits per heavy atom. The highest BCUT2D eigenvalue weighted by Gasteiger charge is 2.04. The zero-order chi connectivity index (χ0) is 14.4. The van der Waals surface area contributed by atoms with Crippen molar-refractivity contribution in [2.45, 2.75) is 13.0 Å². The molecule has 0 aliphatic carbocycles.